The minimum Gasteiger partial charge on any atom is -0.486 e. The largest absolute Gasteiger partial charge is 0.486 e. The average molecular weight is 455 g/mol. The number of urea groups is 1. The smallest absolute Gasteiger partial charge is 0.325 e. The zero-order chi connectivity index (χ0) is 22.5. The number of nitrogens with one attached hydrogen (secondary N) is 2. The van der Waals surface area contributed by atoms with Gasteiger partial charge in [-0.15, -0.1) is 10.2 Å². The van der Waals surface area contributed by atoms with E-state index in [0.717, 1.165) is 5.56 Å². The predicted molar refractivity (Wildman–Crippen MR) is 119 cm³/mol. The van der Waals surface area contributed by atoms with Crippen molar-refractivity contribution in [1.82, 2.24) is 25.1 Å². The molecule has 32 heavy (non-hydrogen) atoms. The molecule has 1 aromatic carbocycles. The average Bonchev–Trinajstić information content (AvgIpc) is 3.21. The van der Waals surface area contributed by atoms with E-state index in [1.54, 1.807) is 37.5 Å². The summed E-state index contributed by atoms with van der Waals surface area (Å²) in [5.74, 6) is 1.42. The van der Waals surface area contributed by atoms with Crippen LogP contribution < -0.4 is 20.1 Å². The van der Waals surface area contributed by atoms with Crippen LogP contribution in [0.5, 0.6) is 11.5 Å². The molecule has 0 unspecified atom stereocenters. The lowest BCUT2D eigenvalue weighted by Gasteiger charge is -2.19. The van der Waals surface area contributed by atoms with E-state index in [9.17, 15) is 9.59 Å². The van der Waals surface area contributed by atoms with E-state index in [1.165, 1.54) is 11.8 Å². The summed E-state index contributed by atoms with van der Waals surface area (Å²) in [6.07, 6.45) is 3.38. The van der Waals surface area contributed by atoms with E-state index in [-0.39, 0.29) is 0 Å². The highest BCUT2D eigenvalue weighted by Crippen LogP contribution is 2.32. The maximum Gasteiger partial charge on any atom is 0.325 e. The number of pyridine rings is 1. The van der Waals surface area contributed by atoms with E-state index < -0.39 is 17.2 Å². The molecule has 1 atom stereocenters. The van der Waals surface area contributed by atoms with Crippen molar-refractivity contribution in [3.8, 4) is 22.9 Å². The minimum atomic E-state index is -0.631. The quantitative estimate of drug-likeness (QED) is 0.546. The van der Waals surface area contributed by atoms with E-state index in [2.05, 4.69) is 25.8 Å². The summed E-state index contributed by atoms with van der Waals surface area (Å²) in [6, 6.07) is 8.11. The molecule has 0 saturated heterocycles. The number of anilines is 1. The first-order valence-electron chi connectivity index (χ1n) is 10.1. The third-order valence-corrected chi connectivity index (χ3v) is 5.74. The van der Waals surface area contributed by atoms with Crippen LogP contribution >= 0.6 is 11.8 Å². The number of rotatable bonds is 6. The normalized spacial score (nSPS) is 13.3. The number of thioether (sulfide) groups is 1. The molecule has 4 rings (SSSR count). The standard InChI is InChI=1S/C21H22N6O4S/c1-3-27-18(14-6-8-22-9-7-14)25-26-21(27)32-13(2)19(28)24-20(29)23-15-4-5-16-17(12-15)31-11-10-30-16/h4-9,12-13H,3,10-11H2,1-2H3,(H2,23,24,28,29)/t13-/m1/s1. The van der Waals surface area contributed by atoms with Crippen molar-refractivity contribution in [1.29, 1.82) is 0 Å². The maximum absolute atomic E-state index is 12.6. The second-order valence-electron chi connectivity index (χ2n) is 6.85. The fourth-order valence-corrected chi connectivity index (χ4v) is 4.00. The number of nitrogens with zero attached hydrogens (tertiary/aromatic N) is 4. The number of aromatic nitrogens is 4. The van der Waals surface area contributed by atoms with Gasteiger partial charge in [-0.2, -0.15) is 0 Å². The zero-order valence-electron chi connectivity index (χ0n) is 17.6. The lowest BCUT2D eigenvalue weighted by molar-refractivity contribution is -0.119. The zero-order valence-corrected chi connectivity index (χ0v) is 18.4. The number of ether oxygens (including phenoxy) is 2. The Morgan fingerprint density at radius 2 is 1.88 bits per heavy atom. The number of hydrogen-bond acceptors (Lipinski definition) is 8. The molecule has 0 fully saturated rings. The monoisotopic (exact) mass is 454 g/mol. The van der Waals surface area contributed by atoms with Gasteiger partial charge in [0, 0.05) is 36.3 Å². The van der Waals surface area contributed by atoms with Crippen molar-refractivity contribution in [3.63, 3.8) is 0 Å². The van der Waals surface area contributed by atoms with Gasteiger partial charge in [0.25, 0.3) is 0 Å². The lowest BCUT2D eigenvalue weighted by atomic mass is 10.2. The molecule has 0 aliphatic carbocycles. The number of amides is 3. The molecule has 10 nitrogen and oxygen atoms in total. The van der Waals surface area contributed by atoms with Crippen LogP contribution in [0.1, 0.15) is 13.8 Å². The van der Waals surface area contributed by atoms with E-state index in [1.807, 2.05) is 23.6 Å². The van der Waals surface area contributed by atoms with Crippen LogP contribution in [0.25, 0.3) is 11.4 Å². The van der Waals surface area contributed by atoms with Gasteiger partial charge in [-0.3, -0.25) is 15.1 Å². The molecule has 0 saturated carbocycles. The van der Waals surface area contributed by atoms with Gasteiger partial charge in [0.2, 0.25) is 5.91 Å². The summed E-state index contributed by atoms with van der Waals surface area (Å²) in [4.78, 5) is 28.9. The van der Waals surface area contributed by atoms with Crippen LogP contribution in [0, 0.1) is 0 Å². The Balaban J connectivity index is 1.37. The Kier molecular flexibility index (Phi) is 6.55. The number of benzene rings is 1. The first kappa shape index (κ1) is 21.6. The summed E-state index contributed by atoms with van der Waals surface area (Å²) < 4.78 is 12.9. The first-order chi connectivity index (χ1) is 15.5. The van der Waals surface area contributed by atoms with Gasteiger partial charge in [0.1, 0.15) is 13.2 Å². The van der Waals surface area contributed by atoms with Crippen molar-refractivity contribution in [2.75, 3.05) is 18.5 Å². The van der Waals surface area contributed by atoms with Gasteiger partial charge >= 0.3 is 6.03 Å². The van der Waals surface area contributed by atoms with Crippen LogP contribution in [0.4, 0.5) is 10.5 Å². The number of carbonyl (C=O) groups excluding carboxylic acids is 2. The topological polar surface area (TPSA) is 120 Å². The van der Waals surface area contributed by atoms with Crippen molar-refractivity contribution >= 4 is 29.4 Å². The molecular weight excluding hydrogens is 432 g/mol. The molecular formula is C21H22N6O4S. The van der Waals surface area contributed by atoms with Gasteiger partial charge in [-0.25, -0.2) is 4.79 Å². The van der Waals surface area contributed by atoms with E-state index in [0.29, 0.717) is 47.9 Å². The second-order valence-corrected chi connectivity index (χ2v) is 8.16. The summed E-state index contributed by atoms with van der Waals surface area (Å²) in [7, 11) is 0. The van der Waals surface area contributed by atoms with Crippen LogP contribution in [-0.2, 0) is 11.3 Å². The molecule has 11 heteroatoms. The number of fused-ring (bicyclic) bond motifs is 1. The fourth-order valence-electron chi connectivity index (χ4n) is 3.08. The van der Waals surface area contributed by atoms with Crippen LogP contribution in [0.3, 0.4) is 0 Å². The molecule has 0 spiro atoms. The van der Waals surface area contributed by atoms with Crippen LogP contribution in [-0.4, -0.2) is 50.2 Å². The Hall–Kier alpha value is -3.60. The second kappa shape index (κ2) is 9.69. The highest BCUT2D eigenvalue weighted by atomic mass is 32.2. The fraction of sp³-hybridized carbons (Fsp3) is 0.286. The van der Waals surface area contributed by atoms with Gasteiger partial charge in [-0.05, 0) is 38.1 Å². The third-order valence-electron chi connectivity index (χ3n) is 4.66. The van der Waals surface area contributed by atoms with E-state index in [4.69, 9.17) is 9.47 Å². The molecule has 1 aliphatic rings. The van der Waals surface area contributed by atoms with Crippen molar-refractivity contribution in [2.45, 2.75) is 30.8 Å². The summed E-state index contributed by atoms with van der Waals surface area (Å²) >= 11 is 1.23. The molecule has 166 valence electrons. The third kappa shape index (κ3) is 4.83. The Morgan fingerprint density at radius 3 is 2.62 bits per heavy atom. The predicted octanol–water partition coefficient (Wildman–Crippen LogP) is 2.96. The molecule has 1 aliphatic heterocycles. The maximum atomic E-state index is 12.6. The summed E-state index contributed by atoms with van der Waals surface area (Å²) in [5, 5.41) is 13.5. The molecule has 0 bridgehead atoms. The van der Waals surface area contributed by atoms with E-state index >= 15 is 0 Å². The molecule has 2 N–H and O–H groups in total. The molecule has 3 heterocycles. The Bertz CT molecular complexity index is 1120. The number of carbonyl (C=O) groups is 2. The molecule has 3 aromatic rings. The SMILES string of the molecule is CCn1c(S[C@H](C)C(=O)NC(=O)Nc2ccc3c(c2)OCCO3)nnc1-c1ccncc1. The molecule has 0 radical (unpaired) electrons. The number of imide groups is 1. The highest BCUT2D eigenvalue weighted by molar-refractivity contribution is 8.00. The molecule has 3 amide bonds. The van der Waals surface area contributed by atoms with Crippen LogP contribution in [0.2, 0.25) is 0 Å². The first-order valence-corrected chi connectivity index (χ1v) is 10.9. The van der Waals surface area contributed by atoms with Crippen molar-refractivity contribution < 1.29 is 19.1 Å². The van der Waals surface area contributed by atoms with Gasteiger partial charge in [0.15, 0.2) is 22.5 Å². The minimum absolute atomic E-state index is 0.443. The number of hydrogen-bond donors (Lipinski definition) is 2. The molecule has 2 aromatic heterocycles. The van der Waals surface area contributed by atoms with Gasteiger partial charge in [0.05, 0.1) is 5.25 Å². The Labute approximate surface area is 188 Å². The van der Waals surface area contributed by atoms with Crippen molar-refractivity contribution in [3.05, 3.63) is 42.7 Å². The van der Waals surface area contributed by atoms with Gasteiger partial charge in [-0.1, -0.05) is 11.8 Å². The van der Waals surface area contributed by atoms with Crippen LogP contribution in [0.15, 0.2) is 47.9 Å². The Morgan fingerprint density at radius 1 is 1.12 bits per heavy atom. The van der Waals surface area contributed by atoms with Gasteiger partial charge < -0.3 is 19.4 Å². The lowest BCUT2D eigenvalue weighted by Crippen LogP contribution is -2.39. The van der Waals surface area contributed by atoms with Crippen molar-refractivity contribution in [2.24, 2.45) is 0 Å². The highest BCUT2D eigenvalue weighted by Gasteiger charge is 2.22. The summed E-state index contributed by atoms with van der Waals surface area (Å²) in [6.45, 7) is 5.25. The summed E-state index contributed by atoms with van der Waals surface area (Å²) in [5.41, 5.74) is 1.38.